The maximum Gasteiger partial charge on any atom is 0.257 e. The molecule has 88 valence electrons. The van der Waals surface area contributed by atoms with Gasteiger partial charge in [0.15, 0.2) is 5.82 Å². The van der Waals surface area contributed by atoms with E-state index in [1.54, 1.807) is 0 Å². The number of halogens is 1. The molecule has 1 heterocycles. The lowest BCUT2D eigenvalue weighted by Gasteiger charge is -1.95. The Morgan fingerprint density at radius 1 is 1.29 bits per heavy atom. The summed E-state index contributed by atoms with van der Waals surface area (Å²) in [6.07, 6.45) is 2.50. The van der Waals surface area contributed by atoms with Crippen molar-refractivity contribution in [3.63, 3.8) is 0 Å². The monoisotopic (exact) mass is 249 g/mol. The second-order valence-electron chi connectivity index (χ2n) is 4.18. The van der Waals surface area contributed by atoms with Crippen LogP contribution in [0.3, 0.4) is 0 Å². The van der Waals surface area contributed by atoms with Crippen molar-refractivity contribution in [2.24, 2.45) is 0 Å². The van der Waals surface area contributed by atoms with Gasteiger partial charge in [0.1, 0.15) is 0 Å². The first-order valence-corrected chi connectivity index (χ1v) is 6.01. The molecule has 1 aromatic carbocycles. The number of benzene rings is 1. The second-order valence-corrected chi connectivity index (χ2v) is 4.61. The van der Waals surface area contributed by atoms with Gasteiger partial charge in [-0.15, -0.1) is 0 Å². The van der Waals surface area contributed by atoms with Crippen molar-refractivity contribution in [3.05, 3.63) is 35.1 Å². The molecule has 0 spiro atoms. The van der Waals surface area contributed by atoms with Crippen molar-refractivity contribution in [2.45, 2.75) is 25.4 Å². The van der Waals surface area contributed by atoms with E-state index in [4.69, 9.17) is 16.1 Å². The predicted octanol–water partition coefficient (Wildman–Crippen LogP) is 2.64. The summed E-state index contributed by atoms with van der Waals surface area (Å²) < 4.78 is 5.20. The Labute approximate surface area is 104 Å². The van der Waals surface area contributed by atoms with E-state index in [0.29, 0.717) is 29.3 Å². The molecular weight excluding hydrogens is 238 g/mol. The van der Waals surface area contributed by atoms with Crippen molar-refractivity contribution in [3.8, 4) is 11.5 Å². The second kappa shape index (κ2) is 4.47. The van der Waals surface area contributed by atoms with Crippen LogP contribution in [0.1, 0.15) is 18.7 Å². The van der Waals surface area contributed by atoms with Crippen molar-refractivity contribution >= 4 is 11.6 Å². The fourth-order valence-corrected chi connectivity index (χ4v) is 1.68. The van der Waals surface area contributed by atoms with E-state index in [2.05, 4.69) is 15.5 Å². The summed E-state index contributed by atoms with van der Waals surface area (Å²) >= 11 is 5.82. The maximum absolute atomic E-state index is 5.82. The van der Waals surface area contributed by atoms with Crippen LogP contribution in [0.2, 0.25) is 5.02 Å². The highest BCUT2D eigenvalue weighted by Gasteiger charge is 2.21. The lowest BCUT2D eigenvalue weighted by atomic mass is 10.2. The van der Waals surface area contributed by atoms with Crippen molar-refractivity contribution < 1.29 is 4.52 Å². The summed E-state index contributed by atoms with van der Waals surface area (Å²) in [5.41, 5.74) is 0.888. The molecule has 0 bridgehead atoms. The first-order chi connectivity index (χ1) is 8.31. The van der Waals surface area contributed by atoms with Crippen molar-refractivity contribution in [1.82, 2.24) is 15.5 Å². The minimum absolute atomic E-state index is 0.536. The molecule has 1 saturated carbocycles. The summed E-state index contributed by atoms with van der Waals surface area (Å²) in [5.74, 6) is 1.23. The molecule has 0 atom stereocenters. The molecule has 1 aliphatic carbocycles. The molecular formula is C12H12ClN3O. The van der Waals surface area contributed by atoms with E-state index < -0.39 is 0 Å². The molecule has 4 nitrogen and oxygen atoms in total. The average molecular weight is 250 g/mol. The highest BCUT2D eigenvalue weighted by molar-refractivity contribution is 6.30. The Kier molecular flexibility index (Phi) is 2.82. The SMILES string of the molecule is Clc1ccc(-c2nc(CNC3CC3)no2)cc1. The van der Waals surface area contributed by atoms with Crippen LogP contribution in [0.25, 0.3) is 11.5 Å². The van der Waals surface area contributed by atoms with Crippen LogP contribution in [0.5, 0.6) is 0 Å². The summed E-state index contributed by atoms with van der Waals surface area (Å²) in [4.78, 5) is 4.33. The quantitative estimate of drug-likeness (QED) is 0.905. The molecule has 3 rings (SSSR count). The standard InChI is InChI=1S/C12H12ClN3O/c13-9-3-1-8(2-4-9)12-15-11(16-17-12)7-14-10-5-6-10/h1-4,10,14H,5-7H2. The van der Waals surface area contributed by atoms with Gasteiger partial charge in [0.25, 0.3) is 5.89 Å². The summed E-state index contributed by atoms with van der Waals surface area (Å²) in [6, 6.07) is 8.00. The molecule has 2 aromatic rings. The van der Waals surface area contributed by atoms with E-state index >= 15 is 0 Å². The van der Waals surface area contributed by atoms with Crippen LogP contribution < -0.4 is 5.32 Å². The molecule has 0 saturated heterocycles. The number of nitrogens with zero attached hydrogens (tertiary/aromatic N) is 2. The molecule has 0 radical (unpaired) electrons. The Balaban J connectivity index is 1.72. The zero-order chi connectivity index (χ0) is 11.7. The van der Waals surface area contributed by atoms with Gasteiger partial charge in [-0.2, -0.15) is 4.98 Å². The van der Waals surface area contributed by atoms with Crippen LogP contribution in [0, 0.1) is 0 Å². The van der Waals surface area contributed by atoms with Crippen molar-refractivity contribution in [1.29, 1.82) is 0 Å². The lowest BCUT2D eigenvalue weighted by Crippen LogP contribution is -2.16. The van der Waals surface area contributed by atoms with Gasteiger partial charge in [0, 0.05) is 16.6 Å². The van der Waals surface area contributed by atoms with E-state index in [1.165, 1.54) is 12.8 Å². The molecule has 0 aliphatic heterocycles. The van der Waals surface area contributed by atoms with Crippen LogP contribution in [-0.2, 0) is 6.54 Å². The van der Waals surface area contributed by atoms with Gasteiger partial charge in [-0.3, -0.25) is 0 Å². The highest BCUT2D eigenvalue weighted by Crippen LogP contribution is 2.21. The molecule has 5 heteroatoms. The van der Waals surface area contributed by atoms with Gasteiger partial charge in [0.2, 0.25) is 0 Å². The number of hydrogen-bond acceptors (Lipinski definition) is 4. The van der Waals surface area contributed by atoms with E-state index in [9.17, 15) is 0 Å². The molecule has 0 amide bonds. The zero-order valence-corrected chi connectivity index (χ0v) is 9.94. The van der Waals surface area contributed by atoms with E-state index in [0.717, 1.165) is 5.56 Å². The van der Waals surface area contributed by atoms with Gasteiger partial charge in [-0.05, 0) is 37.1 Å². The zero-order valence-electron chi connectivity index (χ0n) is 9.19. The fourth-order valence-electron chi connectivity index (χ4n) is 1.56. The summed E-state index contributed by atoms with van der Waals surface area (Å²) in [6.45, 7) is 0.668. The predicted molar refractivity (Wildman–Crippen MR) is 64.6 cm³/mol. The van der Waals surface area contributed by atoms with Gasteiger partial charge in [-0.1, -0.05) is 16.8 Å². The Morgan fingerprint density at radius 3 is 2.76 bits per heavy atom. The third-order valence-electron chi connectivity index (χ3n) is 2.69. The van der Waals surface area contributed by atoms with Crippen molar-refractivity contribution in [2.75, 3.05) is 0 Å². The van der Waals surface area contributed by atoms with Gasteiger partial charge >= 0.3 is 0 Å². The number of hydrogen-bond donors (Lipinski definition) is 1. The smallest absolute Gasteiger partial charge is 0.257 e. The number of aromatic nitrogens is 2. The third-order valence-corrected chi connectivity index (χ3v) is 2.94. The van der Waals surface area contributed by atoms with E-state index in [1.807, 2.05) is 24.3 Å². The van der Waals surface area contributed by atoms with Gasteiger partial charge in [0.05, 0.1) is 6.54 Å². The number of nitrogens with one attached hydrogen (secondary N) is 1. The number of rotatable bonds is 4. The van der Waals surface area contributed by atoms with Gasteiger partial charge < -0.3 is 9.84 Å². The van der Waals surface area contributed by atoms with Crippen LogP contribution in [0.15, 0.2) is 28.8 Å². The largest absolute Gasteiger partial charge is 0.334 e. The first-order valence-electron chi connectivity index (χ1n) is 5.63. The van der Waals surface area contributed by atoms with E-state index in [-0.39, 0.29) is 0 Å². The average Bonchev–Trinajstić information content (AvgIpc) is 3.06. The highest BCUT2D eigenvalue weighted by atomic mass is 35.5. The first kappa shape index (κ1) is 10.7. The van der Waals surface area contributed by atoms with Crippen LogP contribution in [-0.4, -0.2) is 16.2 Å². The minimum Gasteiger partial charge on any atom is -0.334 e. The Morgan fingerprint density at radius 2 is 2.06 bits per heavy atom. The fraction of sp³-hybridized carbons (Fsp3) is 0.333. The molecule has 17 heavy (non-hydrogen) atoms. The molecule has 0 unspecified atom stereocenters. The normalized spacial score (nSPS) is 15.1. The summed E-state index contributed by atoms with van der Waals surface area (Å²) in [7, 11) is 0. The maximum atomic E-state index is 5.82. The van der Waals surface area contributed by atoms with Crippen LogP contribution in [0.4, 0.5) is 0 Å². The molecule has 1 N–H and O–H groups in total. The minimum atomic E-state index is 0.536. The third kappa shape index (κ3) is 2.65. The topological polar surface area (TPSA) is 51.0 Å². The lowest BCUT2D eigenvalue weighted by molar-refractivity contribution is 0.419. The molecule has 1 fully saturated rings. The van der Waals surface area contributed by atoms with Gasteiger partial charge in [-0.25, -0.2) is 0 Å². The van der Waals surface area contributed by atoms with Crippen LogP contribution >= 0.6 is 11.6 Å². The molecule has 1 aromatic heterocycles. The Hall–Kier alpha value is -1.39. The molecule has 1 aliphatic rings. The Bertz CT molecular complexity index is 505. The summed E-state index contributed by atoms with van der Waals surface area (Å²) in [5, 5.41) is 7.97.